The van der Waals surface area contributed by atoms with Gasteiger partial charge in [-0.3, -0.25) is 0 Å². The van der Waals surface area contributed by atoms with Crippen LogP contribution in [0.2, 0.25) is 0 Å². The number of nitrogens with two attached hydrogens (primary N) is 1. The minimum Gasteiger partial charge on any atom is -0.463 e. The predicted octanol–water partition coefficient (Wildman–Crippen LogP) is 1.42. The van der Waals surface area contributed by atoms with Crippen LogP contribution in [0.4, 0.5) is 5.69 Å². The number of nitrogen functional groups attached to an aromatic ring is 1. The molecule has 0 aromatic heterocycles. The van der Waals surface area contributed by atoms with Crippen LogP contribution in [0, 0.1) is 0 Å². The van der Waals surface area contributed by atoms with E-state index in [1.54, 1.807) is 31.2 Å². The Balaban J connectivity index is 2.86. The normalized spacial score (nSPS) is 11.9. The van der Waals surface area contributed by atoms with Crippen LogP contribution in [0.3, 0.4) is 0 Å². The Morgan fingerprint density at radius 1 is 1.56 bits per heavy atom. The molecule has 1 atom stereocenters. The average Bonchev–Trinajstić information content (AvgIpc) is 2.28. The number of carbonyl (C=O) groups is 1. The minimum absolute atomic E-state index is 0.0141. The van der Waals surface area contributed by atoms with E-state index in [0.717, 1.165) is 0 Å². The second-order valence-electron chi connectivity index (χ2n) is 3.28. The summed E-state index contributed by atoms with van der Waals surface area (Å²) in [5, 5.41) is 9.89. The van der Waals surface area contributed by atoms with Gasteiger partial charge in [0.1, 0.15) is 6.10 Å². The first kappa shape index (κ1) is 12.3. The van der Waals surface area contributed by atoms with Crippen LogP contribution in [0.25, 0.3) is 0 Å². The summed E-state index contributed by atoms with van der Waals surface area (Å²) in [7, 11) is 0. The Morgan fingerprint density at radius 2 is 2.19 bits per heavy atom. The van der Waals surface area contributed by atoms with Crippen molar-refractivity contribution in [2.45, 2.75) is 13.0 Å². The zero-order chi connectivity index (χ0) is 12.1. The van der Waals surface area contributed by atoms with Crippen molar-refractivity contribution in [2.24, 2.45) is 0 Å². The monoisotopic (exact) mass is 221 g/mol. The summed E-state index contributed by atoms with van der Waals surface area (Å²) in [4.78, 5) is 11.3. The van der Waals surface area contributed by atoms with Gasteiger partial charge in [-0.1, -0.05) is 24.8 Å². The van der Waals surface area contributed by atoms with Crippen molar-refractivity contribution in [2.75, 3.05) is 12.3 Å². The van der Waals surface area contributed by atoms with Crippen molar-refractivity contribution < 1.29 is 14.6 Å². The first-order valence-corrected chi connectivity index (χ1v) is 4.96. The number of carbonyl (C=O) groups excluding carboxylic acids is 1. The molecule has 1 aromatic carbocycles. The van der Waals surface area contributed by atoms with Gasteiger partial charge in [-0.15, -0.1) is 0 Å². The van der Waals surface area contributed by atoms with Crippen molar-refractivity contribution in [3.8, 4) is 0 Å². The highest BCUT2D eigenvalue weighted by Crippen LogP contribution is 2.25. The standard InChI is InChI=1S/C12H15NO3/c1-3-16-12(15)8(2)11(14)9-6-4-5-7-10(9)13/h4-7,11,14H,2-3,13H2,1H3. The summed E-state index contributed by atoms with van der Waals surface area (Å²) in [5.74, 6) is -0.613. The quantitative estimate of drug-likeness (QED) is 0.458. The molecule has 0 radical (unpaired) electrons. The number of ether oxygens (including phenoxy) is 1. The van der Waals surface area contributed by atoms with Crippen LogP contribution < -0.4 is 5.73 Å². The van der Waals surface area contributed by atoms with E-state index in [-0.39, 0.29) is 12.2 Å². The number of para-hydroxylation sites is 1. The van der Waals surface area contributed by atoms with Gasteiger partial charge in [-0.25, -0.2) is 4.79 Å². The van der Waals surface area contributed by atoms with Crippen LogP contribution in [-0.4, -0.2) is 17.7 Å². The maximum Gasteiger partial charge on any atom is 0.336 e. The molecule has 86 valence electrons. The molecule has 1 aromatic rings. The van der Waals surface area contributed by atoms with Gasteiger partial charge in [0.2, 0.25) is 0 Å². The zero-order valence-electron chi connectivity index (χ0n) is 9.14. The highest BCUT2D eigenvalue weighted by atomic mass is 16.5. The molecular weight excluding hydrogens is 206 g/mol. The van der Waals surface area contributed by atoms with Crippen LogP contribution in [-0.2, 0) is 9.53 Å². The van der Waals surface area contributed by atoms with E-state index in [1.807, 2.05) is 0 Å². The smallest absolute Gasteiger partial charge is 0.336 e. The molecule has 16 heavy (non-hydrogen) atoms. The third-order valence-electron chi connectivity index (χ3n) is 2.16. The lowest BCUT2D eigenvalue weighted by Gasteiger charge is -2.14. The molecule has 0 aliphatic rings. The molecule has 0 saturated carbocycles. The van der Waals surface area contributed by atoms with E-state index in [1.165, 1.54) is 0 Å². The van der Waals surface area contributed by atoms with Gasteiger partial charge >= 0.3 is 5.97 Å². The average molecular weight is 221 g/mol. The molecule has 0 saturated heterocycles. The van der Waals surface area contributed by atoms with E-state index in [0.29, 0.717) is 11.3 Å². The topological polar surface area (TPSA) is 72.5 Å². The molecule has 0 heterocycles. The van der Waals surface area contributed by atoms with E-state index >= 15 is 0 Å². The van der Waals surface area contributed by atoms with Crippen molar-refractivity contribution in [1.82, 2.24) is 0 Å². The fraction of sp³-hybridized carbons (Fsp3) is 0.250. The SMILES string of the molecule is C=C(C(=O)OCC)C(O)c1ccccc1N. The van der Waals surface area contributed by atoms with Crippen molar-refractivity contribution in [3.05, 3.63) is 42.0 Å². The Morgan fingerprint density at radius 3 is 2.75 bits per heavy atom. The third kappa shape index (κ3) is 2.61. The molecule has 0 aliphatic heterocycles. The molecule has 0 spiro atoms. The zero-order valence-corrected chi connectivity index (χ0v) is 9.14. The summed E-state index contributed by atoms with van der Waals surface area (Å²) in [6, 6.07) is 6.77. The molecule has 4 nitrogen and oxygen atoms in total. The molecule has 0 bridgehead atoms. The van der Waals surface area contributed by atoms with Crippen molar-refractivity contribution in [1.29, 1.82) is 0 Å². The summed E-state index contributed by atoms with van der Waals surface area (Å²) < 4.78 is 4.75. The summed E-state index contributed by atoms with van der Waals surface area (Å²) >= 11 is 0. The number of anilines is 1. The lowest BCUT2D eigenvalue weighted by atomic mass is 10.0. The Labute approximate surface area is 94.3 Å². The molecule has 0 fully saturated rings. The first-order valence-electron chi connectivity index (χ1n) is 4.96. The predicted molar refractivity (Wildman–Crippen MR) is 61.6 cm³/mol. The molecule has 1 unspecified atom stereocenters. The largest absolute Gasteiger partial charge is 0.463 e. The number of hydrogen-bond acceptors (Lipinski definition) is 4. The lowest BCUT2D eigenvalue weighted by molar-refractivity contribution is -0.139. The van der Waals surface area contributed by atoms with Gasteiger partial charge in [0.05, 0.1) is 12.2 Å². The number of rotatable bonds is 4. The van der Waals surface area contributed by atoms with Crippen LogP contribution >= 0.6 is 0 Å². The summed E-state index contributed by atoms with van der Waals surface area (Å²) in [6.07, 6.45) is -1.12. The molecule has 4 heteroatoms. The van der Waals surface area contributed by atoms with Gasteiger partial charge in [0, 0.05) is 11.3 Å². The molecular formula is C12H15NO3. The van der Waals surface area contributed by atoms with Gasteiger partial charge in [-0.2, -0.15) is 0 Å². The van der Waals surface area contributed by atoms with E-state index in [4.69, 9.17) is 10.5 Å². The van der Waals surface area contributed by atoms with Gasteiger partial charge in [0.25, 0.3) is 0 Å². The second kappa shape index (κ2) is 5.32. The number of aliphatic hydroxyl groups is 1. The molecule has 1 rings (SSSR count). The van der Waals surface area contributed by atoms with Gasteiger partial charge in [-0.05, 0) is 13.0 Å². The van der Waals surface area contributed by atoms with E-state index < -0.39 is 12.1 Å². The lowest BCUT2D eigenvalue weighted by Crippen LogP contribution is -2.14. The van der Waals surface area contributed by atoms with Crippen LogP contribution in [0.15, 0.2) is 36.4 Å². The highest BCUT2D eigenvalue weighted by Gasteiger charge is 2.20. The molecule has 0 aliphatic carbocycles. The fourth-order valence-electron chi connectivity index (χ4n) is 1.28. The summed E-state index contributed by atoms with van der Waals surface area (Å²) in [6.45, 7) is 5.44. The number of aliphatic hydroxyl groups excluding tert-OH is 1. The fourth-order valence-corrected chi connectivity index (χ4v) is 1.28. The Bertz CT molecular complexity index is 401. The van der Waals surface area contributed by atoms with Crippen LogP contribution in [0.1, 0.15) is 18.6 Å². The number of hydrogen-bond donors (Lipinski definition) is 2. The van der Waals surface area contributed by atoms with E-state index in [2.05, 4.69) is 6.58 Å². The van der Waals surface area contributed by atoms with Crippen molar-refractivity contribution in [3.63, 3.8) is 0 Å². The van der Waals surface area contributed by atoms with Crippen molar-refractivity contribution >= 4 is 11.7 Å². The third-order valence-corrected chi connectivity index (χ3v) is 2.16. The highest BCUT2D eigenvalue weighted by molar-refractivity contribution is 5.89. The Hall–Kier alpha value is -1.81. The van der Waals surface area contributed by atoms with Crippen LogP contribution in [0.5, 0.6) is 0 Å². The van der Waals surface area contributed by atoms with E-state index in [9.17, 15) is 9.90 Å². The Kier molecular flexibility index (Phi) is 4.08. The maximum atomic E-state index is 11.3. The van der Waals surface area contributed by atoms with Gasteiger partial charge in [0.15, 0.2) is 0 Å². The first-order chi connectivity index (χ1) is 7.57. The van der Waals surface area contributed by atoms with Gasteiger partial charge < -0.3 is 15.6 Å². The second-order valence-corrected chi connectivity index (χ2v) is 3.28. The summed E-state index contributed by atoms with van der Waals surface area (Å²) in [5.41, 5.74) is 6.54. The number of esters is 1. The minimum atomic E-state index is -1.12. The molecule has 0 amide bonds. The number of benzene rings is 1. The molecule has 3 N–H and O–H groups in total. The maximum absolute atomic E-state index is 11.3.